The standard InChI is InChI=1S/C19H20N4O4S/c1-19(2,3)17(25)20-12-7-6-8-13(11-12)21-18(28)22-16(24)14-9-4-5-10-15(14)23(26)27/h4-11H,1-3H3,(H,20,25)(H2,21,22,24,28). The van der Waals surface area contributed by atoms with E-state index in [9.17, 15) is 19.7 Å². The van der Waals surface area contributed by atoms with E-state index >= 15 is 0 Å². The van der Waals surface area contributed by atoms with Crippen LogP contribution in [0.1, 0.15) is 31.1 Å². The number of rotatable bonds is 4. The van der Waals surface area contributed by atoms with Crippen LogP contribution in [0.4, 0.5) is 17.1 Å². The molecule has 0 saturated heterocycles. The Balaban J connectivity index is 2.06. The lowest BCUT2D eigenvalue weighted by Crippen LogP contribution is -2.34. The zero-order chi connectivity index (χ0) is 20.9. The molecule has 0 heterocycles. The Bertz CT molecular complexity index is 938. The van der Waals surface area contributed by atoms with Crippen molar-refractivity contribution in [2.45, 2.75) is 20.8 Å². The molecule has 0 radical (unpaired) electrons. The highest BCUT2D eigenvalue weighted by molar-refractivity contribution is 7.80. The van der Waals surface area contributed by atoms with Gasteiger partial charge in [0.2, 0.25) is 5.91 Å². The summed E-state index contributed by atoms with van der Waals surface area (Å²) in [7, 11) is 0. The number of para-hydroxylation sites is 1. The molecule has 0 unspecified atom stereocenters. The summed E-state index contributed by atoms with van der Waals surface area (Å²) in [6.45, 7) is 5.41. The maximum absolute atomic E-state index is 12.3. The number of nitro groups is 1. The fourth-order valence-electron chi connectivity index (χ4n) is 2.15. The van der Waals surface area contributed by atoms with E-state index in [1.165, 1.54) is 24.3 Å². The minimum atomic E-state index is -0.693. The number of nitro benzene ring substituents is 1. The highest BCUT2D eigenvalue weighted by Gasteiger charge is 2.22. The summed E-state index contributed by atoms with van der Waals surface area (Å²) in [5.74, 6) is -0.834. The predicted molar refractivity (Wildman–Crippen MR) is 111 cm³/mol. The van der Waals surface area contributed by atoms with E-state index in [2.05, 4.69) is 16.0 Å². The minimum absolute atomic E-state index is 0.0255. The predicted octanol–water partition coefficient (Wildman–Crippen LogP) is 3.71. The van der Waals surface area contributed by atoms with Gasteiger partial charge in [0.15, 0.2) is 5.11 Å². The zero-order valence-corrected chi connectivity index (χ0v) is 16.4. The van der Waals surface area contributed by atoms with Crippen LogP contribution in [-0.2, 0) is 4.79 Å². The second kappa shape index (κ2) is 8.57. The molecular formula is C19H20N4O4S. The molecule has 0 atom stereocenters. The summed E-state index contributed by atoms with van der Waals surface area (Å²) in [6, 6.07) is 12.4. The molecule has 28 heavy (non-hydrogen) atoms. The van der Waals surface area contributed by atoms with Crippen molar-refractivity contribution in [3.05, 3.63) is 64.2 Å². The molecule has 3 N–H and O–H groups in total. The minimum Gasteiger partial charge on any atom is -0.332 e. The van der Waals surface area contributed by atoms with Gasteiger partial charge in [-0.2, -0.15) is 0 Å². The number of amides is 2. The van der Waals surface area contributed by atoms with E-state index in [4.69, 9.17) is 12.2 Å². The number of thiocarbonyl (C=S) groups is 1. The fraction of sp³-hybridized carbons (Fsp3) is 0.211. The van der Waals surface area contributed by atoms with Crippen molar-refractivity contribution < 1.29 is 14.5 Å². The Morgan fingerprint density at radius 2 is 1.61 bits per heavy atom. The third-order valence-electron chi connectivity index (χ3n) is 3.63. The van der Waals surface area contributed by atoms with Crippen LogP contribution in [0, 0.1) is 15.5 Å². The number of benzene rings is 2. The SMILES string of the molecule is CC(C)(C)C(=O)Nc1cccc(NC(=S)NC(=O)c2ccccc2[N+](=O)[O-])c1. The van der Waals surface area contributed by atoms with Crippen LogP contribution in [-0.4, -0.2) is 21.9 Å². The number of carbonyl (C=O) groups is 2. The Kier molecular flexibility index (Phi) is 6.42. The van der Waals surface area contributed by atoms with Crippen LogP contribution >= 0.6 is 12.2 Å². The first-order valence-corrected chi connectivity index (χ1v) is 8.76. The van der Waals surface area contributed by atoms with Crippen LogP contribution < -0.4 is 16.0 Å². The first kappa shape index (κ1) is 21.0. The van der Waals surface area contributed by atoms with E-state index in [-0.39, 0.29) is 22.3 Å². The second-order valence-electron chi connectivity index (χ2n) is 6.97. The molecule has 0 aliphatic carbocycles. The van der Waals surface area contributed by atoms with Crippen LogP contribution in [0.15, 0.2) is 48.5 Å². The van der Waals surface area contributed by atoms with Gasteiger partial charge in [-0.05, 0) is 36.5 Å². The Labute approximate surface area is 167 Å². The molecule has 0 fully saturated rings. The topological polar surface area (TPSA) is 113 Å². The molecule has 9 heteroatoms. The third kappa shape index (κ3) is 5.58. The van der Waals surface area contributed by atoms with Crippen molar-refractivity contribution in [3.63, 3.8) is 0 Å². The van der Waals surface area contributed by atoms with Crippen molar-refractivity contribution in [2.24, 2.45) is 5.41 Å². The molecule has 0 bridgehead atoms. The number of hydrogen-bond donors (Lipinski definition) is 3. The van der Waals surface area contributed by atoms with E-state index in [0.717, 1.165) is 0 Å². The van der Waals surface area contributed by atoms with Crippen LogP contribution in [0.25, 0.3) is 0 Å². The van der Waals surface area contributed by atoms with Crippen LogP contribution in [0.5, 0.6) is 0 Å². The Morgan fingerprint density at radius 1 is 1.00 bits per heavy atom. The largest absolute Gasteiger partial charge is 0.332 e. The van der Waals surface area contributed by atoms with Crippen molar-refractivity contribution in [3.8, 4) is 0 Å². The van der Waals surface area contributed by atoms with Gasteiger partial charge in [0.1, 0.15) is 5.56 Å². The summed E-state index contributed by atoms with van der Waals surface area (Å²) < 4.78 is 0. The second-order valence-corrected chi connectivity index (χ2v) is 7.38. The van der Waals surface area contributed by atoms with Crippen molar-refractivity contribution >= 4 is 46.2 Å². The number of hydrogen-bond acceptors (Lipinski definition) is 5. The molecule has 0 aliphatic rings. The number of nitrogens with one attached hydrogen (secondary N) is 3. The van der Waals surface area contributed by atoms with Crippen molar-refractivity contribution in [1.29, 1.82) is 0 Å². The lowest BCUT2D eigenvalue weighted by Gasteiger charge is -2.18. The molecule has 0 saturated carbocycles. The van der Waals surface area contributed by atoms with Crippen molar-refractivity contribution in [2.75, 3.05) is 10.6 Å². The lowest BCUT2D eigenvalue weighted by molar-refractivity contribution is -0.385. The van der Waals surface area contributed by atoms with Gasteiger partial charge in [0, 0.05) is 22.9 Å². The lowest BCUT2D eigenvalue weighted by atomic mass is 9.95. The van der Waals surface area contributed by atoms with Gasteiger partial charge >= 0.3 is 0 Å². The normalized spacial score (nSPS) is 10.7. The van der Waals surface area contributed by atoms with Gasteiger partial charge in [-0.3, -0.25) is 25.0 Å². The zero-order valence-electron chi connectivity index (χ0n) is 15.6. The van der Waals surface area contributed by atoms with Gasteiger partial charge in [-0.1, -0.05) is 39.0 Å². The monoisotopic (exact) mass is 400 g/mol. The summed E-state index contributed by atoms with van der Waals surface area (Å²) in [5, 5.41) is 19.0. The van der Waals surface area contributed by atoms with Crippen molar-refractivity contribution in [1.82, 2.24) is 5.32 Å². The first-order valence-electron chi connectivity index (χ1n) is 8.35. The van der Waals surface area contributed by atoms with Gasteiger partial charge in [0.25, 0.3) is 11.6 Å². The van der Waals surface area contributed by atoms with Gasteiger partial charge in [-0.25, -0.2) is 0 Å². The highest BCUT2D eigenvalue weighted by atomic mass is 32.1. The Hall–Kier alpha value is -3.33. The van der Waals surface area contributed by atoms with Gasteiger partial charge in [0.05, 0.1) is 4.92 Å². The maximum Gasteiger partial charge on any atom is 0.282 e. The van der Waals surface area contributed by atoms with E-state index in [1.807, 2.05) is 0 Å². The van der Waals surface area contributed by atoms with E-state index < -0.39 is 16.2 Å². The smallest absolute Gasteiger partial charge is 0.282 e. The summed E-state index contributed by atoms with van der Waals surface area (Å²) in [6.07, 6.45) is 0. The van der Waals surface area contributed by atoms with Gasteiger partial charge < -0.3 is 10.6 Å². The summed E-state index contributed by atoms with van der Waals surface area (Å²) in [5.41, 5.74) is 0.159. The Morgan fingerprint density at radius 3 is 2.21 bits per heavy atom. The average Bonchev–Trinajstić information content (AvgIpc) is 2.61. The quantitative estimate of drug-likeness (QED) is 0.410. The molecule has 0 aromatic heterocycles. The molecule has 2 aromatic rings. The molecule has 2 rings (SSSR count). The molecular weight excluding hydrogens is 380 g/mol. The fourth-order valence-corrected chi connectivity index (χ4v) is 2.36. The van der Waals surface area contributed by atoms with Crippen LogP contribution in [0.3, 0.4) is 0 Å². The van der Waals surface area contributed by atoms with E-state index in [0.29, 0.717) is 11.4 Å². The molecule has 0 spiro atoms. The maximum atomic E-state index is 12.3. The molecule has 0 aliphatic heterocycles. The molecule has 2 aromatic carbocycles. The average molecular weight is 400 g/mol. The number of anilines is 2. The van der Waals surface area contributed by atoms with E-state index in [1.54, 1.807) is 45.0 Å². The van der Waals surface area contributed by atoms with Gasteiger partial charge in [-0.15, -0.1) is 0 Å². The first-order chi connectivity index (χ1) is 13.1. The third-order valence-corrected chi connectivity index (χ3v) is 3.84. The molecule has 146 valence electrons. The highest BCUT2D eigenvalue weighted by Crippen LogP contribution is 2.20. The molecule has 8 nitrogen and oxygen atoms in total. The number of carbonyl (C=O) groups excluding carboxylic acids is 2. The number of nitrogens with zero attached hydrogens (tertiary/aromatic N) is 1. The molecule has 2 amide bonds. The summed E-state index contributed by atoms with van der Waals surface area (Å²) >= 11 is 5.11. The summed E-state index contributed by atoms with van der Waals surface area (Å²) in [4.78, 5) is 34.8. The van der Waals surface area contributed by atoms with Crippen LogP contribution in [0.2, 0.25) is 0 Å².